The van der Waals surface area contributed by atoms with Crippen LogP contribution in [0.3, 0.4) is 0 Å². The number of nitrogens with one attached hydrogen (secondary N) is 1. The van der Waals surface area contributed by atoms with Crippen molar-refractivity contribution in [2.45, 2.75) is 58.5 Å². The summed E-state index contributed by atoms with van der Waals surface area (Å²) in [4.78, 5) is 0. The van der Waals surface area contributed by atoms with Crippen LogP contribution >= 0.6 is 0 Å². The van der Waals surface area contributed by atoms with E-state index in [0.717, 1.165) is 18.2 Å². The highest BCUT2D eigenvalue weighted by molar-refractivity contribution is 5.48. The zero-order valence-electron chi connectivity index (χ0n) is 11.7. The molecule has 0 aliphatic heterocycles. The number of benzene rings is 1. The smallest absolute Gasteiger partial charge is 0.0346 e. The molecule has 0 bridgehead atoms. The largest absolute Gasteiger partial charge is 0.399 e. The Morgan fingerprint density at radius 2 is 2.06 bits per heavy atom. The van der Waals surface area contributed by atoms with Gasteiger partial charge >= 0.3 is 0 Å². The first-order valence-corrected chi connectivity index (χ1v) is 7.23. The Kier molecular flexibility index (Phi) is 4.65. The van der Waals surface area contributed by atoms with Crippen molar-refractivity contribution in [1.29, 1.82) is 0 Å². The van der Waals surface area contributed by atoms with Crippen LogP contribution in [0.2, 0.25) is 0 Å². The minimum Gasteiger partial charge on any atom is -0.399 e. The van der Waals surface area contributed by atoms with Gasteiger partial charge in [0.2, 0.25) is 0 Å². The Morgan fingerprint density at radius 1 is 1.22 bits per heavy atom. The van der Waals surface area contributed by atoms with Gasteiger partial charge in [0.05, 0.1) is 0 Å². The van der Waals surface area contributed by atoms with Crippen molar-refractivity contribution in [3.63, 3.8) is 0 Å². The maximum absolute atomic E-state index is 5.94. The van der Waals surface area contributed by atoms with E-state index in [9.17, 15) is 0 Å². The molecule has 1 aromatic rings. The summed E-state index contributed by atoms with van der Waals surface area (Å²) in [6.07, 6.45) is 6.78. The number of nitrogen functional groups attached to an aromatic ring is 1. The van der Waals surface area contributed by atoms with Gasteiger partial charge in [0.25, 0.3) is 0 Å². The van der Waals surface area contributed by atoms with Crippen molar-refractivity contribution in [3.05, 3.63) is 29.3 Å². The predicted octanol–water partition coefficient (Wildman–Crippen LogP) is 3.64. The van der Waals surface area contributed by atoms with Crippen LogP contribution in [0.4, 0.5) is 5.69 Å². The van der Waals surface area contributed by atoms with Crippen molar-refractivity contribution in [2.75, 3.05) is 5.73 Å². The number of hydrogen-bond donors (Lipinski definition) is 2. The number of nitrogens with two attached hydrogens (primary N) is 1. The summed E-state index contributed by atoms with van der Waals surface area (Å²) >= 11 is 0. The van der Waals surface area contributed by atoms with Crippen LogP contribution in [-0.2, 0) is 6.54 Å². The third kappa shape index (κ3) is 3.74. The maximum atomic E-state index is 5.94. The summed E-state index contributed by atoms with van der Waals surface area (Å²) in [5.74, 6) is 0.909. The van der Waals surface area contributed by atoms with E-state index in [-0.39, 0.29) is 0 Å². The van der Waals surface area contributed by atoms with Crippen molar-refractivity contribution in [1.82, 2.24) is 5.32 Å². The topological polar surface area (TPSA) is 38.0 Å². The molecule has 2 unspecified atom stereocenters. The Balaban J connectivity index is 1.85. The number of rotatable bonds is 3. The Morgan fingerprint density at radius 3 is 2.83 bits per heavy atom. The normalized spacial score (nSPS) is 24.8. The molecule has 100 valence electrons. The second kappa shape index (κ2) is 6.24. The molecule has 2 rings (SSSR count). The summed E-state index contributed by atoms with van der Waals surface area (Å²) in [5, 5.41) is 3.69. The second-order valence-electron chi connectivity index (χ2n) is 5.88. The summed E-state index contributed by atoms with van der Waals surface area (Å²) < 4.78 is 0. The van der Waals surface area contributed by atoms with Gasteiger partial charge in [-0.1, -0.05) is 31.9 Å². The first-order chi connectivity index (χ1) is 8.65. The molecule has 0 saturated heterocycles. The van der Waals surface area contributed by atoms with Gasteiger partial charge in [-0.3, -0.25) is 0 Å². The summed E-state index contributed by atoms with van der Waals surface area (Å²) in [6, 6.07) is 7.08. The standard InChI is InChI=1S/C16H26N2/c1-12-4-3-5-15(9-6-12)18-11-14-8-7-13(2)16(17)10-14/h7-8,10,12,15,18H,3-6,9,11,17H2,1-2H3. The average molecular weight is 246 g/mol. The lowest BCUT2D eigenvalue weighted by molar-refractivity contribution is 0.447. The third-order valence-electron chi connectivity index (χ3n) is 4.20. The number of hydrogen-bond acceptors (Lipinski definition) is 2. The molecule has 1 aliphatic rings. The van der Waals surface area contributed by atoms with Crippen LogP contribution in [-0.4, -0.2) is 6.04 Å². The molecule has 18 heavy (non-hydrogen) atoms. The van der Waals surface area contributed by atoms with Crippen molar-refractivity contribution < 1.29 is 0 Å². The van der Waals surface area contributed by atoms with Gasteiger partial charge in [0, 0.05) is 18.3 Å². The fraction of sp³-hybridized carbons (Fsp3) is 0.625. The SMILES string of the molecule is Cc1ccc(CNC2CCCC(C)CC2)cc1N. The quantitative estimate of drug-likeness (QED) is 0.631. The minimum absolute atomic E-state index is 0.692. The maximum Gasteiger partial charge on any atom is 0.0346 e. The molecule has 0 aromatic heterocycles. The lowest BCUT2D eigenvalue weighted by Gasteiger charge is -2.16. The second-order valence-corrected chi connectivity index (χ2v) is 5.88. The zero-order valence-corrected chi connectivity index (χ0v) is 11.7. The average Bonchev–Trinajstić information content (AvgIpc) is 2.56. The van der Waals surface area contributed by atoms with Crippen LogP contribution in [0.5, 0.6) is 0 Å². The fourth-order valence-electron chi connectivity index (χ4n) is 2.75. The lowest BCUT2D eigenvalue weighted by atomic mass is 10.0. The summed E-state index contributed by atoms with van der Waals surface area (Å²) in [7, 11) is 0. The van der Waals surface area contributed by atoms with Crippen LogP contribution in [0.15, 0.2) is 18.2 Å². The number of anilines is 1. The van der Waals surface area contributed by atoms with E-state index in [0.29, 0.717) is 6.04 Å². The first-order valence-electron chi connectivity index (χ1n) is 7.23. The molecular weight excluding hydrogens is 220 g/mol. The lowest BCUT2D eigenvalue weighted by Crippen LogP contribution is -2.28. The number of aryl methyl sites for hydroxylation is 1. The van der Waals surface area contributed by atoms with Gasteiger partial charge < -0.3 is 11.1 Å². The molecule has 1 fully saturated rings. The molecule has 2 nitrogen and oxygen atoms in total. The van der Waals surface area contributed by atoms with E-state index in [2.05, 4.69) is 37.4 Å². The van der Waals surface area contributed by atoms with E-state index in [1.165, 1.54) is 43.2 Å². The molecule has 2 atom stereocenters. The highest BCUT2D eigenvalue weighted by Crippen LogP contribution is 2.23. The molecule has 0 amide bonds. The van der Waals surface area contributed by atoms with Crippen LogP contribution in [0.1, 0.15) is 50.2 Å². The highest BCUT2D eigenvalue weighted by Gasteiger charge is 2.15. The van der Waals surface area contributed by atoms with Crippen LogP contribution < -0.4 is 11.1 Å². The molecule has 1 saturated carbocycles. The van der Waals surface area contributed by atoms with E-state index < -0.39 is 0 Å². The molecule has 1 aliphatic carbocycles. The zero-order chi connectivity index (χ0) is 13.0. The van der Waals surface area contributed by atoms with Gasteiger partial charge in [0.15, 0.2) is 0 Å². The molecule has 2 heteroatoms. The molecule has 0 heterocycles. The predicted molar refractivity (Wildman–Crippen MR) is 78.5 cm³/mol. The molecule has 3 N–H and O–H groups in total. The minimum atomic E-state index is 0.692. The Bertz CT molecular complexity index is 387. The molecule has 0 spiro atoms. The van der Waals surface area contributed by atoms with Crippen LogP contribution in [0, 0.1) is 12.8 Å². The monoisotopic (exact) mass is 246 g/mol. The van der Waals surface area contributed by atoms with Gasteiger partial charge in [-0.2, -0.15) is 0 Å². The third-order valence-corrected chi connectivity index (χ3v) is 4.20. The van der Waals surface area contributed by atoms with Crippen molar-refractivity contribution in [3.8, 4) is 0 Å². The summed E-state index contributed by atoms with van der Waals surface area (Å²) in [6.45, 7) is 5.38. The van der Waals surface area contributed by atoms with E-state index in [1.54, 1.807) is 0 Å². The molecular formula is C16H26N2. The van der Waals surface area contributed by atoms with Crippen LogP contribution in [0.25, 0.3) is 0 Å². The molecule has 0 radical (unpaired) electrons. The van der Waals surface area contributed by atoms with Gasteiger partial charge in [0.1, 0.15) is 0 Å². The van der Waals surface area contributed by atoms with Crippen molar-refractivity contribution >= 4 is 5.69 Å². The Hall–Kier alpha value is -1.02. The first kappa shape index (κ1) is 13.4. The summed E-state index contributed by atoms with van der Waals surface area (Å²) in [5.41, 5.74) is 9.32. The molecule has 1 aromatic carbocycles. The Labute approximate surface area is 111 Å². The van der Waals surface area contributed by atoms with E-state index in [1.807, 2.05) is 0 Å². The van der Waals surface area contributed by atoms with Gasteiger partial charge in [-0.15, -0.1) is 0 Å². The van der Waals surface area contributed by atoms with Gasteiger partial charge in [-0.05, 0) is 49.3 Å². The highest BCUT2D eigenvalue weighted by atomic mass is 14.9. The van der Waals surface area contributed by atoms with E-state index >= 15 is 0 Å². The van der Waals surface area contributed by atoms with Crippen molar-refractivity contribution in [2.24, 2.45) is 5.92 Å². The fourth-order valence-corrected chi connectivity index (χ4v) is 2.75. The van der Waals surface area contributed by atoms with E-state index in [4.69, 9.17) is 5.73 Å². The van der Waals surface area contributed by atoms with Gasteiger partial charge in [-0.25, -0.2) is 0 Å².